The molecule has 0 amide bonds. The fourth-order valence-electron chi connectivity index (χ4n) is 2.49. The Bertz CT molecular complexity index is 591. The van der Waals surface area contributed by atoms with Crippen LogP contribution >= 0.6 is 0 Å². The first-order valence-electron chi connectivity index (χ1n) is 6.78. The number of nitrogens with one attached hydrogen (secondary N) is 1. The van der Waals surface area contributed by atoms with Gasteiger partial charge in [-0.2, -0.15) is 0 Å². The van der Waals surface area contributed by atoms with Crippen molar-refractivity contribution in [2.45, 2.75) is 39.7 Å². The molecule has 1 heterocycles. The molecule has 0 saturated carbocycles. The predicted molar refractivity (Wildman–Crippen MR) is 79.1 cm³/mol. The molecule has 3 heteroatoms. The van der Waals surface area contributed by atoms with E-state index in [1.807, 2.05) is 13.1 Å². The quantitative estimate of drug-likeness (QED) is 0.895. The van der Waals surface area contributed by atoms with Crippen molar-refractivity contribution in [2.75, 3.05) is 6.54 Å². The van der Waals surface area contributed by atoms with Gasteiger partial charge in [-0.05, 0) is 64.4 Å². The molecule has 0 aliphatic rings. The minimum atomic E-state index is -0.174. The SMILES string of the molecule is Cc1c(CCNC(C)(C)C)c2ccc(F)cc2n1C. The van der Waals surface area contributed by atoms with Crippen molar-refractivity contribution in [3.63, 3.8) is 0 Å². The van der Waals surface area contributed by atoms with E-state index in [9.17, 15) is 4.39 Å². The summed E-state index contributed by atoms with van der Waals surface area (Å²) in [6.45, 7) is 9.53. The molecule has 0 bridgehead atoms. The van der Waals surface area contributed by atoms with Crippen LogP contribution in [0.3, 0.4) is 0 Å². The molecule has 1 aromatic heterocycles. The van der Waals surface area contributed by atoms with Gasteiger partial charge in [0.15, 0.2) is 0 Å². The van der Waals surface area contributed by atoms with Crippen molar-refractivity contribution >= 4 is 10.9 Å². The molecular formula is C16H23FN2. The third-order valence-electron chi connectivity index (χ3n) is 3.62. The van der Waals surface area contributed by atoms with Gasteiger partial charge in [-0.25, -0.2) is 4.39 Å². The van der Waals surface area contributed by atoms with Gasteiger partial charge in [-0.1, -0.05) is 0 Å². The number of fused-ring (bicyclic) bond motifs is 1. The highest BCUT2D eigenvalue weighted by Gasteiger charge is 2.14. The van der Waals surface area contributed by atoms with Crippen LogP contribution in [0.25, 0.3) is 10.9 Å². The van der Waals surface area contributed by atoms with Gasteiger partial charge in [-0.3, -0.25) is 0 Å². The highest BCUT2D eigenvalue weighted by atomic mass is 19.1. The molecular weight excluding hydrogens is 239 g/mol. The van der Waals surface area contributed by atoms with E-state index in [1.54, 1.807) is 12.1 Å². The van der Waals surface area contributed by atoms with E-state index in [0.717, 1.165) is 23.9 Å². The molecule has 0 aliphatic carbocycles. The largest absolute Gasteiger partial charge is 0.348 e. The zero-order valence-electron chi connectivity index (χ0n) is 12.5. The van der Waals surface area contributed by atoms with Crippen LogP contribution in [0.4, 0.5) is 4.39 Å². The molecule has 2 aromatic rings. The summed E-state index contributed by atoms with van der Waals surface area (Å²) in [7, 11) is 2.00. The van der Waals surface area contributed by atoms with Gasteiger partial charge in [0.1, 0.15) is 5.82 Å². The van der Waals surface area contributed by atoms with Crippen molar-refractivity contribution in [3.8, 4) is 0 Å². The van der Waals surface area contributed by atoms with Gasteiger partial charge in [0.05, 0.1) is 5.52 Å². The van der Waals surface area contributed by atoms with Gasteiger partial charge in [0, 0.05) is 23.7 Å². The minimum Gasteiger partial charge on any atom is -0.348 e. The summed E-state index contributed by atoms with van der Waals surface area (Å²) in [5.74, 6) is -0.174. The topological polar surface area (TPSA) is 17.0 Å². The molecule has 1 aromatic carbocycles. The molecule has 104 valence electrons. The van der Waals surface area contributed by atoms with Crippen molar-refractivity contribution in [1.82, 2.24) is 9.88 Å². The number of hydrogen-bond donors (Lipinski definition) is 1. The third-order valence-corrected chi connectivity index (χ3v) is 3.62. The fraction of sp³-hybridized carbons (Fsp3) is 0.500. The molecule has 0 aliphatic heterocycles. The summed E-state index contributed by atoms with van der Waals surface area (Å²) in [6, 6.07) is 5.05. The lowest BCUT2D eigenvalue weighted by atomic mass is 10.1. The summed E-state index contributed by atoms with van der Waals surface area (Å²) in [5.41, 5.74) is 3.64. The van der Waals surface area contributed by atoms with E-state index in [2.05, 4.69) is 37.6 Å². The maximum atomic E-state index is 13.3. The zero-order valence-corrected chi connectivity index (χ0v) is 12.5. The van der Waals surface area contributed by atoms with Crippen LogP contribution in [-0.4, -0.2) is 16.7 Å². The summed E-state index contributed by atoms with van der Waals surface area (Å²) in [5, 5.41) is 4.66. The summed E-state index contributed by atoms with van der Waals surface area (Å²) in [4.78, 5) is 0. The highest BCUT2D eigenvalue weighted by Crippen LogP contribution is 2.26. The van der Waals surface area contributed by atoms with E-state index in [0.29, 0.717) is 0 Å². The number of halogens is 1. The second-order valence-corrected chi connectivity index (χ2v) is 6.21. The van der Waals surface area contributed by atoms with Crippen LogP contribution in [0.5, 0.6) is 0 Å². The Morgan fingerprint density at radius 3 is 2.58 bits per heavy atom. The Morgan fingerprint density at radius 2 is 1.95 bits per heavy atom. The number of nitrogens with zero attached hydrogens (tertiary/aromatic N) is 1. The molecule has 0 fully saturated rings. The molecule has 0 saturated heterocycles. The Labute approximate surface area is 114 Å². The minimum absolute atomic E-state index is 0.130. The number of aryl methyl sites for hydroxylation is 1. The average Bonchev–Trinajstić information content (AvgIpc) is 2.53. The van der Waals surface area contributed by atoms with E-state index < -0.39 is 0 Å². The zero-order chi connectivity index (χ0) is 14.2. The maximum Gasteiger partial charge on any atom is 0.125 e. The first-order valence-corrected chi connectivity index (χ1v) is 6.78. The third kappa shape index (κ3) is 2.98. The fourth-order valence-corrected chi connectivity index (χ4v) is 2.49. The van der Waals surface area contributed by atoms with Gasteiger partial charge >= 0.3 is 0 Å². The number of rotatable bonds is 3. The van der Waals surface area contributed by atoms with Crippen molar-refractivity contribution < 1.29 is 4.39 Å². The van der Waals surface area contributed by atoms with Gasteiger partial charge in [0.2, 0.25) is 0 Å². The maximum absolute atomic E-state index is 13.3. The van der Waals surface area contributed by atoms with Crippen LogP contribution in [0.1, 0.15) is 32.0 Å². The van der Waals surface area contributed by atoms with Crippen LogP contribution < -0.4 is 5.32 Å². The van der Waals surface area contributed by atoms with Crippen LogP contribution in [0.15, 0.2) is 18.2 Å². The molecule has 2 rings (SSSR count). The lowest BCUT2D eigenvalue weighted by Crippen LogP contribution is -2.37. The van der Waals surface area contributed by atoms with Crippen LogP contribution in [0, 0.1) is 12.7 Å². The summed E-state index contributed by atoms with van der Waals surface area (Å²) < 4.78 is 15.4. The van der Waals surface area contributed by atoms with E-state index in [-0.39, 0.29) is 11.4 Å². The van der Waals surface area contributed by atoms with Gasteiger partial charge in [0.25, 0.3) is 0 Å². The average molecular weight is 262 g/mol. The lowest BCUT2D eigenvalue weighted by Gasteiger charge is -2.20. The van der Waals surface area contributed by atoms with Crippen molar-refractivity contribution in [3.05, 3.63) is 35.3 Å². The van der Waals surface area contributed by atoms with E-state index in [1.165, 1.54) is 11.3 Å². The number of benzene rings is 1. The lowest BCUT2D eigenvalue weighted by molar-refractivity contribution is 0.429. The summed E-state index contributed by atoms with van der Waals surface area (Å²) in [6.07, 6.45) is 0.964. The normalized spacial score (nSPS) is 12.3. The monoisotopic (exact) mass is 262 g/mol. The smallest absolute Gasteiger partial charge is 0.125 e. The Kier molecular flexibility index (Phi) is 3.68. The van der Waals surface area contributed by atoms with Crippen LogP contribution in [-0.2, 0) is 13.5 Å². The molecule has 19 heavy (non-hydrogen) atoms. The van der Waals surface area contributed by atoms with E-state index >= 15 is 0 Å². The highest BCUT2D eigenvalue weighted by molar-refractivity contribution is 5.85. The number of hydrogen-bond acceptors (Lipinski definition) is 1. The first kappa shape index (κ1) is 14.1. The first-order chi connectivity index (χ1) is 8.79. The molecule has 1 N–H and O–H groups in total. The van der Waals surface area contributed by atoms with Crippen molar-refractivity contribution in [2.24, 2.45) is 7.05 Å². The molecule has 2 nitrogen and oxygen atoms in total. The Hall–Kier alpha value is -1.35. The number of aromatic nitrogens is 1. The van der Waals surface area contributed by atoms with E-state index in [4.69, 9.17) is 0 Å². The molecule has 0 atom stereocenters. The predicted octanol–water partition coefficient (Wildman–Crippen LogP) is 3.56. The molecule has 0 spiro atoms. The van der Waals surface area contributed by atoms with Crippen molar-refractivity contribution in [1.29, 1.82) is 0 Å². The van der Waals surface area contributed by atoms with Gasteiger partial charge < -0.3 is 9.88 Å². The Balaban J connectivity index is 2.30. The Morgan fingerprint density at radius 1 is 1.26 bits per heavy atom. The second kappa shape index (κ2) is 4.97. The second-order valence-electron chi connectivity index (χ2n) is 6.21. The summed E-state index contributed by atoms with van der Waals surface area (Å²) >= 11 is 0. The molecule has 0 unspecified atom stereocenters. The standard InChI is InChI=1S/C16H23FN2/c1-11-13(8-9-18-16(2,3)4)14-7-6-12(17)10-15(14)19(11)5/h6-7,10,18H,8-9H2,1-5H3. The van der Waals surface area contributed by atoms with Gasteiger partial charge in [-0.15, -0.1) is 0 Å². The van der Waals surface area contributed by atoms with Crippen LogP contribution in [0.2, 0.25) is 0 Å². The molecule has 0 radical (unpaired) electrons.